The van der Waals surface area contributed by atoms with Crippen LogP contribution >= 0.6 is 15.9 Å². The number of anilines is 1. The van der Waals surface area contributed by atoms with Gasteiger partial charge in [-0.05, 0) is 28.1 Å². The highest BCUT2D eigenvalue weighted by Gasteiger charge is 2.37. The molecule has 0 unspecified atom stereocenters. The van der Waals surface area contributed by atoms with E-state index >= 15 is 0 Å². The molecule has 1 aromatic rings. The summed E-state index contributed by atoms with van der Waals surface area (Å²) in [5.41, 5.74) is 0.917. The van der Waals surface area contributed by atoms with Crippen molar-refractivity contribution in [3.8, 4) is 0 Å². The van der Waals surface area contributed by atoms with Gasteiger partial charge in [-0.3, -0.25) is 0 Å². The third-order valence-electron chi connectivity index (χ3n) is 2.55. The third-order valence-corrected chi connectivity index (χ3v) is 2.99. The summed E-state index contributed by atoms with van der Waals surface area (Å²) in [5.74, 6) is -0.271. The van der Waals surface area contributed by atoms with Crippen LogP contribution in [0.15, 0.2) is 22.9 Å². The van der Waals surface area contributed by atoms with Gasteiger partial charge in [-0.15, -0.1) is 0 Å². The molecule has 6 heteroatoms. The number of alkyl halides is 3. The topological polar surface area (TPSA) is 16.1 Å². The maximum atomic E-state index is 12.1. The van der Waals surface area contributed by atoms with Gasteiger partial charge in [0.1, 0.15) is 4.60 Å². The quantitative estimate of drug-likeness (QED) is 0.779. The first kappa shape index (κ1) is 11.7. The Hall–Kier alpha value is -0.780. The van der Waals surface area contributed by atoms with Crippen molar-refractivity contribution in [2.75, 3.05) is 18.0 Å². The van der Waals surface area contributed by atoms with Crippen LogP contribution in [0, 0.1) is 5.92 Å². The molecular formula is C10H10BrF3N2. The highest BCUT2D eigenvalue weighted by atomic mass is 79.9. The van der Waals surface area contributed by atoms with E-state index in [1.54, 1.807) is 12.3 Å². The molecule has 0 aliphatic carbocycles. The molecule has 2 heterocycles. The molecule has 16 heavy (non-hydrogen) atoms. The van der Waals surface area contributed by atoms with Crippen LogP contribution in [-0.2, 0) is 0 Å². The first-order valence-electron chi connectivity index (χ1n) is 4.87. The van der Waals surface area contributed by atoms with Crippen LogP contribution in [0.2, 0.25) is 0 Å². The van der Waals surface area contributed by atoms with Crippen molar-refractivity contribution in [3.05, 3.63) is 22.9 Å². The van der Waals surface area contributed by atoms with Crippen LogP contribution in [0.5, 0.6) is 0 Å². The van der Waals surface area contributed by atoms with Gasteiger partial charge in [0.25, 0.3) is 0 Å². The van der Waals surface area contributed by atoms with Crippen LogP contribution in [0.4, 0.5) is 18.9 Å². The van der Waals surface area contributed by atoms with E-state index in [-0.39, 0.29) is 5.92 Å². The Labute approximate surface area is 99.6 Å². The number of hydrogen-bond acceptors (Lipinski definition) is 2. The maximum Gasteiger partial charge on any atom is 0.389 e. The number of halogens is 4. The molecule has 1 aromatic heterocycles. The second-order valence-electron chi connectivity index (χ2n) is 3.93. The van der Waals surface area contributed by atoms with E-state index in [9.17, 15) is 13.2 Å². The van der Waals surface area contributed by atoms with E-state index in [2.05, 4.69) is 20.9 Å². The molecule has 0 N–H and O–H groups in total. The third kappa shape index (κ3) is 2.87. The minimum atomic E-state index is -4.05. The van der Waals surface area contributed by atoms with Crippen molar-refractivity contribution >= 4 is 21.6 Å². The summed E-state index contributed by atoms with van der Waals surface area (Å²) in [5, 5.41) is 0. The fourth-order valence-electron chi connectivity index (χ4n) is 1.83. The van der Waals surface area contributed by atoms with Crippen molar-refractivity contribution in [3.63, 3.8) is 0 Å². The fraction of sp³-hybridized carbons (Fsp3) is 0.500. The normalized spacial score (nSPS) is 17.4. The molecule has 1 aliphatic heterocycles. The Morgan fingerprint density at radius 1 is 1.44 bits per heavy atom. The Kier molecular flexibility index (Phi) is 3.10. The van der Waals surface area contributed by atoms with Gasteiger partial charge in [-0.2, -0.15) is 13.2 Å². The lowest BCUT2D eigenvalue weighted by Crippen LogP contribution is -2.48. The first-order valence-corrected chi connectivity index (χ1v) is 5.66. The van der Waals surface area contributed by atoms with Gasteiger partial charge < -0.3 is 4.90 Å². The van der Waals surface area contributed by atoms with Gasteiger partial charge in [-0.1, -0.05) is 0 Å². The zero-order valence-electron chi connectivity index (χ0n) is 8.34. The van der Waals surface area contributed by atoms with Crippen LogP contribution in [0.3, 0.4) is 0 Å². The second kappa shape index (κ2) is 4.24. The number of pyridine rings is 1. The molecule has 0 radical (unpaired) electrons. The van der Waals surface area contributed by atoms with Crippen LogP contribution in [0.25, 0.3) is 0 Å². The van der Waals surface area contributed by atoms with Gasteiger partial charge in [-0.25, -0.2) is 4.98 Å². The van der Waals surface area contributed by atoms with Gasteiger partial charge >= 0.3 is 6.18 Å². The first-order chi connectivity index (χ1) is 7.44. The van der Waals surface area contributed by atoms with Gasteiger partial charge in [0, 0.05) is 37.3 Å². The summed E-state index contributed by atoms with van der Waals surface area (Å²) in [6.45, 7) is 0.936. The second-order valence-corrected chi connectivity index (χ2v) is 4.74. The molecule has 88 valence electrons. The minimum Gasteiger partial charge on any atom is -0.371 e. The standard InChI is InChI=1S/C10H10BrF3N2/c11-9-3-8(1-2-15-9)16-5-7(6-16)4-10(12,13)14/h1-3,7H,4-6H2. The summed E-state index contributed by atoms with van der Waals surface area (Å²) in [4.78, 5) is 5.89. The lowest BCUT2D eigenvalue weighted by Gasteiger charge is -2.41. The van der Waals surface area contributed by atoms with Crippen molar-refractivity contribution < 1.29 is 13.2 Å². The molecule has 0 spiro atoms. The molecule has 0 saturated carbocycles. The van der Waals surface area contributed by atoms with Gasteiger partial charge in [0.2, 0.25) is 0 Å². The number of aromatic nitrogens is 1. The fourth-order valence-corrected chi connectivity index (χ4v) is 2.18. The predicted octanol–water partition coefficient (Wildman–Crippen LogP) is 3.23. The SMILES string of the molecule is FC(F)(F)CC1CN(c2ccnc(Br)c2)C1. The van der Waals surface area contributed by atoms with Crippen LogP contribution < -0.4 is 4.90 Å². The predicted molar refractivity (Wildman–Crippen MR) is 58.3 cm³/mol. The van der Waals surface area contributed by atoms with Crippen molar-refractivity contribution in [2.24, 2.45) is 5.92 Å². The molecular weight excluding hydrogens is 285 g/mol. The number of hydrogen-bond donors (Lipinski definition) is 0. The molecule has 2 rings (SSSR count). The molecule has 1 fully saturated rings. The lowest BCUT2D eigenvalue weighted by atomic mass is 9.95. The van der Waals surface area contributed by atoms with E-state index in [4.69, 9.17) is 0 Å². The van der Waals surface area contributed by atoms with Crippen molar-refractivity contribution in [1.29, 1.82) is 0 Å². The highest BCUT2D eigenvalue weighted by molar-refractivity contribution is 9.10. The Morgan fingerprint density at radius 3 is 2.69 bits per heavy atom. The summed E-state index contributed by atoms with van der Waals surface area (Å²) < 4.78 is 37.0. The summed E-state index contributed by atoms with van der Waals surface area (Å²) >= 11 is 3.23. The monoisotopic (exact) mass is 294 g/mol. The molecule has 0 amide bonds. The van der Waals surface area contributed by atoms with E-state index < -0.39 is 12.6 Å². The Balaban J connectivity index is 1.89. The van der Waals surface area contributed by atoms with Crippen molar-refractivity contribution in [1.82, 2.24) is 4.98 Å². The van der Waals surface area contributed by atoms with Gasteiger partial charge in [0.15, 0.2) is 0 Å². The summed E-state index contributed by atoms with van der Waals surface area (Å²) in [7, 11) is 0. The molecule has 1 saturated heterocycles. The van der Waals surface area contributed by atoms with E-state index in [1.165, 1.54) is 0 Å². The zero-order chi connectivity index (χ0) is 11.8. The van der Waals surface area contributed by atoms with E-state index in [0.29, 0.717) is 17.7 Å². The maximum absolute atomic E-state index is 12.1. The highest BCUT2D eigenvalue weighted by Crippen LogP contribution is 2.33. The molecule has 1 aliphatic rings. The number of nitrogens with zero attached hydrogens (tertiary/aromatic N) is 2. The average Bonchev–Trinajstić information content (AvgIpc) is 2.09. The smallest absolute Gasteiger partial charge is 0.371 e. The van der Waals surface area contributed by atoms with Crippen LogP contribution in [-0.4, -0.2) is 24.2 Å². The minimum absolute atomic E-state index is 0.271. The van der Waals surface area contributed by atoms with Crippen molar-refractivity contribution in [2.45, 2.75) is 12.6 Å². The van der Waals surface area contributed by atoms with E-state index in [0.717, 1.165) is 5.69 Å². The van der Waals surface area contributed by atoms with Gasteiger partial charge in [0.05, 0.1) is 0 Å². The van der Waals surface area contributed by atoms with Crippen LogP contribution in [0.1, 0.15) is 6.42 Å². The summed E-state index contributed by atoms with van der Waals surface area (Å²) in [6, 6.07) is 3.61. The molecule has 2 nitrogen and oxygen atoms in total. The average molecular weight is 295 g/mol. The van der Waals surface area contributed by atoms with E-state index in [1.807, 2.05) is 11.0 Å². The zero-order valence-corrected chi connectivity index (χ0v) is 9.92. The number of rotatable bonds is 2. The molecule has 0 atom stereocenters. The molecule has 0 aromatic carbocycles. The Bertz CT molecular complexity index is 375. The molecule has 0 bridgehead atoms. The lowest BCUT2D eigenvalue weighted by molar-refractivity contribution is -0.146. The summed E-state index contributed by atoms with van der Waals surface area (Å²) in [6.07, 6.45) is -3.10. The Morgan fingerprint density at radius 2 is 2.12 bits per heavy atom. The largest absolute Gasteiger partial charge is 0.389 e.